The second-order valence-electron chi connectivity index (χ2n) is 9.33. The Bertz CT molecular complexity index is 1260. The minimum atomic E-state index is -0.230. The molecule has 0 saturated heterocycles. The summed E-state index contributed by atoms with van der Waals surface area (Å²) in [4.78, 5) is 15.3. The molecular weight excluding hydrogens is 408 g/mol. The number of aromatic nitrogens is 3. The average Bonchev–Trinajstić information content (AvgIpc) is 3.51. The number of furan rings is 1. The standard InChI is InChI=1S/C24H26N4O2S/c1-24(2)10-15-16(12-30-24)19(17-8-5-9-29-17)28-23-18(15)20-21(31-23)22(27-13-26-20)25-11-14-6-3-4-7-14/h5,8-9,13-14H,3-4,6-7,10-12H2,1-2H3,(H,25,26,27). The van der Waals surface area contributed by atoms with Crippen LogP contribution in [0.4, 0.5) is 5.82 Å². The highest BCUT2D eigenvalue weighted by Crippen LogP contribution is 2.44. The van der Waals surface area contributed by atoms with Crippen LogP contribution in [0.25, 0.3) is 31.9 Å². The highest BCUT2D eigenvalue weighted by molar-refractivity contribution is 7.26. The fourth-order valence-electron chi connectivity index (χ4n) is 5.00. The molecule has 0 bridgehead atoms. The molecule has 0 spiro atoms. The smallest absolute Gasteiger partial charge is 0.152 e. The van der Waals surface area contributed by atoms with Crippen molar-refractivity contribution in [3.63, 3.8) is 0 Å². The molecule has 4 aromatic heterocycles. The Morgan fingerprint density at radius 1 is 1.19 bits per heavy atom. The Morgan fingerprint density at radius 2 is 2.06 bits per heavy atom. The second kappa shape index (κ2) is 7.28. The first-order chi connectivity index (χ1) is 15.1. The van der Waals surface area contributed by atoms with Gasteiger partial charge in [0.25, 0.3) is 0 Å². The van der Waals surface area contributed by atoms with Crippen molar-refractivity contribution >= 4 is 37.6 Å². The molecule has 0 aromatic carbocycles. The van der Waals surface area contributed by atoms with Crippen molar-refractivity contribution in [1.29, 1.82) is 0 Å². The number of ether oxygens (including phenoxy) is 1. The third-order valence-electron chi connectivity index (χ3n) is 6.62. The minimum Gasteiger partial charge on any atom is -0.463 e. The minimum absolute atomic E-state index is 0.230. The van der Waals surface area contributed by atoms with Crippen molar-refractivity contribution < 1.29 is 9.15 Å². The van der Waals surface area contributed by atoms with Crippen LogP contribution in [0.3, 0.4) is 0 Å². The van der Waals surface area contributed by atoms with Crippen molar-refractivity contribution in [3.8, 4) is 11.5 Å². The van der Waals surface area contributed by atoms with Crippen LogP contribution in [0.2, 0.25) is 0 Å². The van der Waals surface area contributed by atoms with E-state index in [1.165, 1.54) is 31.2 Å². The number of hydrogen-bond donors (Lipinski definition) is 1. The SMILES string of the molecule is CC1(C)Cc2c(c(-c3ccco3)nc3sc4c(NCC5CCCC5)ncnc4c23)CO1. The molecule has 31 heavy (non-hydrogen) atoms. The molecule has 1 fully saturated rings. The van der Waals surface area contributed by atoms with E-state index in [4.69, 9.17) is 19.1 Å². The van der Waals surface area contributed by atoms with Gasteiger partial charge in [0.15, 0.2) is 5.76 Å². The maximum absolute atomic E-state index is 6.16. The molecule has 1 N–H and O–H groups in total. The van der Waals surface area contributed by atoms with Gasteiger partial charge in [-0.25, -0.2) is 15.0 Å². The Hall–Kier alpha value is -2.51. The lowest BCUT2D eigenvalue weighted by Gasteiger charge is -2.32. The normalized spacial score (nSPS) is 18.6. The zero-order valence-corrected chi connectivity index (χ0v) is 18.7. The van der Waals surface area contributed by atoms with Gasteiger partial charge in [-0.2, -0.15) is 0 Å². The van der Waals surface area contributed by atoms with Crippen molar-refractivity contribution in [2.24, 2.45) is 5.92 Å². The van der Waals surface area contributed by atoms with Crippen molar-refractivity contribution in [1.82, 2.24) is 15.0 Å². The first-order valence-electron chi connectivity index (χ1n) is 11.1. The lowest BCUT2D eigenvalue weighted by atomic mass is 9.89. The van der Waals surface area contributed by atoms with Gasteiger partial charge in [0, 0.05) is 23.9 Å². The largest absolute Gasteiger partial charge is 0.463 e. The Morgan fingerprint density at radius 3 is 2.87 bits per heavy atom. The molecule has 160 valence electrons. The van der Waals surface area contributed by atoms with Gasteiger partial charge >= 0.3 is 0 Å². The van der Waals surface area contributed by atoms with E-state index in [1.807, 2.05) is 12.1 Å². The molecule has 1 saturated carbocycles. The van der Waals surface area contributed by atoms with E-state index in [-0.39, 0.29) is 5.60 Å². The molecular formula is C24H26N4O2S. The number of anilines is 1. The maximum Gasteiger partial charge on any atom is 0.152 e. The molecule has 6 nitrogen and oxygen atoms in total. The summed E-state index contributed by atoms with van der Waals surface area (Å²) in [6.45, 7) is 5.79. The maximum atomic E-state index is 6.16. The molecule has 1 aliphatic carbocycles. The Kier molecular flexibility index (Phi) is 4.51. The topological polar surface area (TPSA) is 73.1 Å². The Labute approximate surface area is 185 Å². The predicted octanol–water partition coefficient (Wildman–Crippen LogP) is 5.95. The van der Waals surface area contributed by atoms with E-state index in [2.05, 4.69) is 24.1 Å². The lowest BCUT2D eigenvalue weighted by Crippen LogP contribution is -2.32. The molecule has 2 aliphatic rings. The van der Waals surface area contributed by atoms with Gasteiger partial charge in [0.05, 0.1) is 28.7 Å². The number of rotatable bonds is 4. The zero-order valence-electron chi connectivity index (χ0n) is 17.9. The number of nitrogens with zero attached hydrogens (tertiary/aromatic N) is 3. The first-order valence-corrected chi connectivity index (χ1v) is 11.9. The number of pyridine rings is 1. The molecule has 0 amide bonds. The number of thiophene rings is 1. The van der Waals surface area contributed by atoms with Crippen LogP contribution in [0.15, 0.2) is 29.1 Å². The van der Waals surface area contributed by atoms with Crippen LogP contribution in [0, 0.1) is 5.92 Å². The van der Waals surface area contributed by atoms with Crippen molar-refractivity contribution in [3.05, 3.63) is 35.9 Å². The van der Waals surface area contributed by atoms with Gasteiger partial charge < -0.3 is 14.5 Å². The van der Waals surface area contributed by atoms with Crippen molar-refractivity contribution in [2.75, 3.05) is 11.9 Å². The number of hydrogen-bond acceptors (Lipinski definition) is 7. The van der Waals surface area contributed by atoms with Gasteiger partial charge in [-0.05, 0) is 50.3 Å². The van der Waals surface area contributed by atoms with Gasteiger partial charge in [0.2, 0.25) is 0 Å². The molecule has 7 heteroatoms. The molecule has 6 rings (SSSR count). The van der Waals surface area contributed by atoms with E-state index in [1.54, 1.807) is 23.9 Å². The van der Waals surface area contributed by atoms with Crippen LogP contribution < -0.4 is 5.32 Å². The van der Waals surface area contributed by atoms with Gasteiger partial charge in [-0.15, -0.1) is 11.3 Å². The molecule has 5 heterocycles. The van der Waals surface area contributed by atoms with E-state index < -0.39 is 0 Å². The quantitative estimate of drug-likeness (QED) is 0.428. The summed E-state index contributed by atoms with van der Waals surface area (Å²) >= 11 is 1.67. The molecule has 4 aromatic rings. The molecule has 0 unspecified atom stereocenters. The van der Waals surface area contributed by atoms with Gasteiger partial charge in [0.1, 0.15) is 22.7 Å². The third-order valence-corrected chi connectivity index (χ3v) is 7.70. The zero-order chi connectivity index (χ0) is 21.0. The van der Waals surface area contributed by atoms with Crippen LogP contribution in [-0.2, 0) is 17.8 Å². The van der Waals surface area contributed by atoms with E-state index in [0.29, 0.717) is 6.61 Å². The van der Waals surface area contributed by atoms with Crippen molar-refractivity contribution in [2.45, 2.75) is 58.2 Å². The van der Waals surface area contributed by atoms with Gasteiger partial charge in [-0.1, -0.05) is 12.8 Å². The summed E-state index contributed by atoms with van der Waals surface area (Å²) in [6.07, 6.45) is 9.51. The summed E-state index contributed by atoms with van der Waals surface area (Å²) in [5.74, 6) is 2.46. The molecule has 0 atom stereocenters. The number of nitrogens with one attached hydrogen (secondary N) is 1. The third kappa shape index (κ3) is 3.31. The number of fused-ring (bicyclic) bond motifs is 5. The van der Waals surface area contributed by atoms with E-state index in [0.717, 1.165) is 62.2 Å². The summed E-state index contributed by atoms with van der Waals surface area (Å²) in [7, 11) is 0. The van der Waals surface area contributed by atoms with Gasteiger partial charge in [-0.3, -0.25) is 0 Å². The fraction of sp³-hybridized carbons (Fsp3) is 0.458. The Balaban J connectivity index is 1.53. The molecule has 1 aliphatic heterocycles. The first kappa shape index (κ1) is 19.2. The van der Waals surface area contributed by atoms with Crippen LogP contribution in [0.5, 0.6) is 0 Å². The van der Waals surface area contributed by atoms with E-state index >= 15 is 0 Å². The average molecular weight is 435 g/mol. The van der Waals surface area contributed by atoms with Crippen LogP contribution in [0.1, 0.15) is 50.7 Å². The summed E-state index contributed by atoms with van der Waals surface area (Å²) < 4.78 is 13.0. The lowest BCUT2D eigenvalue weighted by molar-refractivity contribution is -0.0395. The summed E-state index contributed by atoms with van der Waals surface area (Å²) in [6, 6.07) is 3.87. The fourth-order valence-corrected chi connectivity index (χ4v) is 6.13. The highest BCUT2D eigenvalue weighted by Gasteiger charge is 2.32. The highest BCUT2D eigenvalue weighted by atomic mass is 32.1. The second-order valence-corrected chi connectivity index (χ2v) is 10.3. The van der Waals surface area contributed by atoms with Crippen LogP contribution >= 0.6 is 11.3 Å². The summed E-state index contributed by atoms with van der Waals surface area (Å²) in [5.41, 5.74) is 4.03. The predicted molar refractivity (Wildman–Crippen MR) is 123 cm³/mol. The summed E-state index contributed by atoms with van der Waals surface area (Å²) in [5, 5.41) is 4.76. The molecule has 0 radical (unpaired) electrons. The monoisotopic (exact) mass is 434 g/mol. The van der Waals surface area contributed by atoms with E-state index in [9.17, 15) is 0 Å². The van der Waals surface area contributed by atoms with Crippen LogP contribution in [-0.4, -0.2) is 27.1 Å².